The first-order valence-electron chi connectivity index (χ1n) is 7.52. The van der Waals surface area contributed by atoms with Crippen molar-refractivity contribution in [2.24, 2.45) is 0 Å². The Morgan fingerprint density at radius 2 is 1.91 bits per heavy atom. The number of aryl methyl sites for hydroxylation is 1. The minimum Gasteiger partial charge on any atom is -0.460 e. The van der Waals surface area contributed by atoms with E-state index in [-0.39, 0.29) is 12.2 Å². The number of hydrogen-bond donors (Lipinski definition) is 0. The van der Waals surface area contributed by atoms with E-state index in [2.05, 4.69) is 4.98 Å². The molecule has 0 aliphatic rings. The molecule has 0 bridgehead atoms. The number of esters is 1. The fraction of sp³-hybridized carbons (Fsp3) is 0.316. The van der Waals surface area contributed by atoms with Gasteiger partial charge in [0.1, 0.15) is 12.0 Å². The molecule has 0 spiro atoms. The van der Waals surface area contributed by atoms with Gasteiger partial charge in [-0.2, -0.15) is 0 Å². The Morgan fingerprint density at radius 3 is 2.57 bits per heavy atom. The number of carbonyl (C=O) groups excluding carboxylic acids is 2. The Balaban J connectivity index is 2.18. The largest absolute Gasteiger partial charge is 0.460 e. The predicted octanol–water partition coefficient (Wildman–Crippen LogP) is 3.97. The first kappa shape index (κ1) is 16.9. The monoisotopic (exact) mass is 311 g/mol. The topological polar surface area (TPSA) is 56.3 Å². The van der Waals surface area contributed by atoms with Crippen LogP contribution in [0.5, 0.6) is 0 Å². The number of hydrogen-bond acceptors (Lipinski definition) is 4. The minimum absolute atomic E-state index is 0.248. The molecule has 0 unspecified atom stereocenters. The third-order valence-corrected chi connectivity index (χ3v) is 3.26. The molecule has 0 amide bonds. The fourth-order valence-electron chi connectivity index (χ4n) is 2.24. The molecule has 4 heteroatoms. The molecule has 1 aromatic heterocycles. The van der Waals surface area contributed by atoms with Gasteiger partial charge in [0.2, 0.25) is 0 Å². The molecular formula is C19H21NO3. The SMILES string of the molecule is Cc1ccncc1-c1cccc(C(=O)CC(=O)OC(C)(C)C)c1. The summed E-state index contributed by atoms with van der Waals surface area (Å²) in [5.41, 5.74) is 2.87. The van der Waals surface area contributed by atoms with E-state index in [9.17, 15) is 9.59 Å². The molecule has 0 radical (unpaired) electrons. The molecule has 120 valence electrons. The summed E-state index contributed by atoms with van der Waals surface area (Å²) in [6.07, 6.45) is 3.25. The summed E-state index contributed by atoms with van der Waals surface area (Å²) in [5.74, 6) is -0.756. The highest BCUT2D eigenvalue weighted by molar-refractivity contribution is 6.06. The van der Waals surface area contributed by atoms with E-state index in [1.165, 1.54) is 0 Å². The van der Waals surface area contributed by atoms with Gasteiger partial charge < -0.3 is 4.74 Å². The van der Waals surface area contributed by atoms with Crippen LogP contribution in [0, 0.1) is 6.92 Å². The summed E-state index contributed by atoms with van der Waals surface area (Å²) < 4.78 is 5.19. The van der Waals surface area contributed by atoms with Gasteiger partial charge >= 0.3 is 5.97 Å². The summed E-state index contributed by atoms with van der Waals surface area (Å²) in [6.45, 7) is 7.33. The number of rotatable bonds is 4. The first-order valence-corrected chi connectivity index (χ1v) is 7.52. The van der Waals surface area contributed by atoms with Crippen LogP contribution in [0.4, 0.5) is 0 Å². The standard InChI is InChI=1S/C19H21NO3/c1-13-8-9-20-12-16(13)14-6-5-7-15(10-14)17(21)11-18(22)23-19(2,3)4/h5-10,12H,11H2,1-4H3. The lowest BCUT2D eigenvalue weighted by Crippen LogP contribution is -2.25. The van der Waals surface area contributed by atoms with Crippen molar-refractivity contribution < 1.29 is 14.3 Å². The maximum Gasteiger partial charge on any atom is 0.314 e. The molecule has 1 heterocycles. The smallest absolute Gasteiger partial charge is 0.314 e. The highest BCUT2D eigenvalue weighted by Crippen LogP contribution is 2.23. The average Bonchev–Trinajstić information content (AvgIpc) is 2.45. The van der Waals surface area contributed by atoms with Crippen LogP contribution in [-0.4, -0.2) is 22.3 Å². The minimum atomic E-state index is -0.591. The zero-order chi connectivity index (χ0) is 17.0. The van der Waals surface area contributed by atoms with Crippen molar-refractivity contribution in [3.63, 3.8) is 0 Å². The fourth-order valence-corrected chi connectivity index (χ4v) is 2.24. The van der Waals surface area contributed by atoms with Crippen molar-refractivity contribution in [1.29, 1.82) is 0 Å². The lowest BCUT2D eigenvalue weighted by Gasteiger charge is -2.19. The van der Waals surface area contributed by atoms with Gasteiger partial charge in [0.15, 0.2) is 5.78 Å². The van der Waals surface area contributed by atoms with Crippen LogP contribution < -0.4 is 0 Å². The number of benzene rings is 1. The molecule has 23 heavy (non-hydrogen) atoms. The molecule has 0 aliphatic heterocycles. The van der Waals surface area contributed by atoms with Gasteiger partial charge in [-0.25, -0.2) is 0 Å². The molecule has 0 aliphatic carbocycles. The van der Waals surface area contributed by atoms with Crippen LogP contribution in [0.15, 0.2) is 42.7 Å². The number of pyridine rings is 1. The lowest BCUT2D eigenvalue weighted by molar-refractivity contribution is -0.153. The summed E-state index contributed by atoms with van der Waals surface area (Å²) >= 11 is 0. The Kier molecular flexibility index (Phi) is 4.94. The third-order valence-electron chi connectivity index (χ3n) is 3.26. The zero-order valence-electron chi connectivity index (χ0n) is 13.9. The van der Waals surface area contributed by atoms with Crippen LogP contribution in [0.1, 0.15) is 43.1 Å². The second kappa shape index (κ2) is 6.73. The van der Waals surface area contributed by atoms with E-state index in [1.807, 2.05) is 25.1 Å². The van der Waals surface area contributed by atoms with Gasteiger partial charge in [0, 0.05) is 23.5 Å². The van der Waals surface area contributed by atoms with Crippen molar-refractivity contribution in [3.05, 3.63) is 53.9 Å². The van der Waals surface area contributed by atoms with Gasteiger partial charge in [-0.05, 0) is 51.0 Å². The maximum absolute atomic E-state index is 12.3. The Labute approximate surface area is 136 Å². The van der Waals surface area contributed by atoms with Gasteiger partial charge in [-0.1, -0.05) is 18.2 Å². The van der Waals surface area contributed by atoms with Crippen LogP contribution in [0.3, 0.4) is 0 Å². The van der Waals surface area contributed by atoms with Gasteiger partial charge in [0.25, 0.3) is 0 Å². The first-order chi connectivity index (χ1) is 10.8. The van der Waals surface area contributed by atoms with Gasteiger partial charge in [0.05, 0.1) is 0 Å². The number of Topliss-reactive ketones (excluding diaryl/α,β-unsaturated/α-hetero) is 1. The Hall–Kier alpha value is -2.49. The molecule has 2 aromatic rings. The molecule has 2 rings (SSSR count). The summed E-state index contributed by atoms with van der Waals surface area (Å²) in [7, 11) is 0. The van der Waals surface area contributed by atoms with Crippen molar-refractivity contribution in [2.75, 3.05) is 0 Å². The molecule has 1 aromatic carbocycles. The van der Waals surface area contributed by atoms with E-state index < -0.39 is 11.6 Å². The van der Waals surface area contributed by atoms with Crippen LogP contribution in [0.2, 0.25) is 0 Å². The molecule has 0 fully saturated rings. The van der Waals surface area contributed by atoms with Crippen molar-refractivity contribution in [3.8, 4) is 11.1 Å². The number of ether oxygens (including phenoxy) is 1. The molecule has 0 saturated carbocycles. The Morgan fingerprint density at radius 1 is 1.17 bits per heavy atom. The molecule has 4 nitrogen and oxygen atoms in total. The van der Waals surface area contributed by atoms with Crippen LogP contribution in [-0.2, 0) is 9.53 Å². The normalized spacial score (nSPS) is 11.1. The second-order valence-electron chi connectivity index (χ2n) is 6.46. The van der Waals surface area contributed by atoms with E-state index >= 15 is 0 Å². The van der Waals surface area contributed by atoms with Gasteiger partial charge in [-0.3, -0.25) is 14.6 Å². The van der Waals surface area contributed by atoms with Crippen LogP contribution in [0.25, 0.3) is 11.1 Å². The van der Waals surface area contributed by atoms with E-state index in [0.29, 0.717) is 5.56 Å². The zero-order valence-corrected chi connectivity index (χ0v) is 13.9. The van der Waals surface area contributed by atoms with Crippen molar-refractivity contribution in [1.82, 2.24) is 4.98 Å². The molecular weight excluding hydrogens is 290 g/mol. The third kappa shape index (κ3) is 4.74. The lowest BCUT2D eigenvalue weighted by atomic mass is 9.99. The molecule has 0 saturated heterocycles. The number of ketones is 1. The average molecular weight is 311 g/mol. The number of aromatic nitrogens is 1. The summed E-state index contributed by atoms with van der Waals surface area (Å²) in [4.78, 5) is 28.2. The van der Waals surface area contributed by atoms with E-state index in [4.69, 9.17) is 4.74 Å². The highest BCUT2D eigenvalue weighted by Gasteiger charge is 2.20. The van der Waals surface area contributed by atoms with Crippen molar-refractivity contribution in [2.45, 2.75) is 39.7 Å². The maximum atomic E-state index is 12.3. The quantitative estimate of drug-likeness (QED) is 0.487. The highest BCUT2D eigenvalue weighted by atomic mass is 16.6. The number of carbonyl (C=O) groups is 2. The molecule has 0 N–H and O–H groups in total. The second-order valence-corrected chi connectivity index (χ2v) is 6.46. The number of nitrogens with zero attached hydrogens (tertiary/aromatic N) is 1. The van der Waals surface area contributed by atoms with Crippen LogP contribution >= 0.6 is 0 Å². The summed E-state index contributed by atoms with van der Waals surface area (Å²) in [5, 5.41) is 0. The summed E-state index contributed by atoms with van der Waals surface area (Å²) in [6, 6.07) is 9.15. The Bertz CT molecular complexity index is 729. The molecule has 0 atom stereocenters. The predicted molar refractivity (Wildman–Crippen MR) is 89.2 cm³/mol. The van der Waals surface area contributed by atoms with Gasteiger partial charge in [-0.15, -0.1) is 0 Å². The van der Waals surface area contributed by atoms with E-state index in [1.54, 1.807) is 45.3 Å². The van der Waals surface area contributed by atoms with E-state index in [0.717, 1.165) is 16.7 Å². The van der Waals surface area contributed by atoms with Crippen molar-refractivity contribution >= 4 is 11.8 Å².